The zero-order valence-corrected chi connectivity index (χ0v) is 11.9. The van der Waals surface area contributed by atoms with E-state index in [4.69, 9.17) is 9.84 Å². The van der Waals surface area contributed by atoms with E-state index in [-0.39, 0.29) is 36.3 Å². The van der Waals surface area contributed by atoms with Gasteiger partial charge in [-0.3, -0.25) is 9.59 Å². The molecular formula is C14H26O4. The fourth-order valence-electron chi connectivity index (χ4n) is 1.59. The monoisotopic (exact) mass is 258 g/mol. The van der Waals surface area contributed by atoms with Crippen LogP contribution in [0.5, 0.6) is 0 Å². The van der Waals surface area contributed by atoms with Crippen LogP contribution in [0, 0.1) is 5.92 Å². The van der Waals surface area contributed by atoms with Gasteiger partial charge in [0, 0.05) is 25.2 Å². The highest BCUT2D eigenvalue weighted by atomic mass is 16.5. The van der Waals surface area contributed by atoms with Crippen molar-refractivity contribution in [2.75, 3.05) is 6.61 Å². The summed E-state index contributed by atoms with van der Waals surface area (Å²) in [6, 6.07) is 0. The maximum atomic E-state index is 11.6. The van der Waals surface area contributed by atoms with E-state index in [2.05, 4.69) is 0 Å². The third-order valence-electron chi connectivity index (χ3n) is 2.71. The lowest BCUT2D eigenvalue weighted by molar-refractivity contribution is -0.126. The van der Waals surface area contributed by atoms with Gasteiger partial charge in [-0.15, -0.1) is 0 Å². The van der Waals surface area contributed by atoms with Gasteiger partial charge >= 0.3 is 0 Å². The van der Waals surface area contributed by atoms with E-state index in [1.807, 2.05) is 27.7 Å². The third-order valence-corrected chi connectivity index (χ3v) is 2.71. The Morgan fingerprint density at radius 2 is 1.67 bits per heavy atom. The summed E-state index contributed by atoms with van der Waals surface area (Å²) in [6.45, 7) is 7.39. The largest absolute Gasteiger partial charge is 0.394 e. The molecule has 1 unspecified atom stereocenters. The van der Waals surface area contributed by atoms with Crippen molar-refractivity contribution in [2.24, 2.45) is 5.92 Å². The van der Waals surface area contributed by atoms with Gasteiger partial charge in [0.15, 0.2) is 0 Å². The van der Waals surface area contributed by atoms with E-state index in [0.29, 0.717) is 25.7 Å². The molecule has 0 aliphatic carbocycles. The molecule has 0 heterocycles. The molecule has 0 aromatic heterocycles. The minimum atomic E-state index is -0.283. The predicted molar refractivity (Wildman–Crippen MR) is 70.4 cm³/mol. The maximum Gasteiger partial charge on any atom is 0.135 e. The lowest BCUT2D eigenvalue weighted by Crippen LogP contribution is -2.23. The molecule has 0 radical (unpaired) electrons. The Morgan fingerprint density at radius 1 is 1.06 bits per heavy atom. The number of carbonyl (C=O) groups is 2. The standard InChI is InChI=1S/C14H26O4/c1-10(2)14(17)8-6-12(16)5-7-13(9-15)18-11(3)4/h10-11,13,15H,5-9H2,1-4H3. The smallest absolute Gasteiger partial charge is 0.135 e. The van der Waals surface area contributed by atoms with Gasteiger partial charge in [0.05, 0.1) is 18.8 Å². The first-order chi connectivity index (χ1) is 8.36. The Kier molecular flexibility index (Phi) is 8.85. The number of hydrogen-bond donors (Lipinski definition) is 1. The number of aliphatic hydroxyl groups excluding tert-OH is 1. The fraction of sp³-hybridized carbons (Fsp3) is 0.857. The summed E-state index contributed by atoms with van der Waals surface area (Å²) in [5.41, 5.74) is 0. The van der Waals surface area contributed by atoms with Crippen molar-refractivity contribution < 1.29 is 19.4 Å². The number of aliphatic hydroxyl groups is 1. The van der Waals surface area contributed by atoms with Gasteiger partial charge in [-0.2, -0.15) is 0 Å². The van der Waals surface area contributed by atoms with Crippen LogP contribution in [-0.2, 0) is 14.3 Å². The molecule has 0 spiro atoms. The molecule has 0 saturated carbocycles. The SMILES string of the molecule is CC(C)OC(CO)CCC(=O)CCC(=O)C(C)C. The van der Waals surface area contributed by atoms with Gasteiger partial charge in [-0.1, -0.05) is 13.8 Å². The van der Waals surface area contributed by atoms with E-state index in [9.17, 15) is 9.59 Å². The summed E-state index contributed by atoms with van der Waals surface area (Å²) >= 11 is 0. The van der Waals surface area contributed by atoms with Crippen LogP contribution in [0.15, 0.2) is 0 Å². The number of ether oxygens (including phenoxy) is 1. The average molecular weight is 258 g/mol. The molecule has 1 N–H and O–H groups in total. The Bertz CT molecular complexity index is 259. The fourth-order valence-corrected chi connectivity index (χ4v) is 1.59. The highest BCUT2D eigenvalue weighted by molar-refractivity contribution is 5.86. The lowest BCUT2D eigenvalue weighted by Gasteiger charge is -2.17. The number of hydrogen-bond acceptors (Lipinski definition) is 4. The van der Waals surface area contributed by atoms with Crippen molar-refractivity contribution in [3.63, 3.8) is 0 Å². The molecule has 106 valence electrons. The van der Waals surface area contributed by atoms with Crippen LogP contribution >= 0.6 is 0 Å². The summed E-state index contributed by atoms with van der Waals surface area (Å²) in [6.07, 6.45) is 1.27. The second-order valence-corrected chi connectivity index (χ2v) is 5.19. The first-order valence-corrected chi connectivity index (χ1v) is 6.67. The Morgan fingerprint density at radius 3 is 2.11 bits per heavy atom. The number of rotatable bonds is 10. The second-order valence-electron chi connectivity index (χ2n) is 5.19. The highest BCUT2D eigenvalue weighted by Crippen LogP contribution is 2.09. The minimum absolute atomic E-state index is 0.00716. The van der Waals surface area contributed by atoms with Crippen LogP contribution in [0.1, 0.15) is 53.4 Å². The Hall–Kier alpha value is -0.740. The Labute approximate surface area is 110 Å². The van der Waals surface area contributed by atoms with E-state index in [0.717, 1.165) is 0 Å². The average Bonchev–Trinajstić information content (AvgIpc) is 2.30. The molecule has 0 fully saturated rings. The molecule has 0 bridgehead atoms. The molecule has 0 aliphatic rings. The lowest BCUT2D eigenvalue weighted by atomic mass is 10.0. The number of Topliss-reactive ketones (excluding diaryl/α,β-unsaturated/α-hetero) is 2. The number of ketones is 2. The normalized spacial score (nSPS) is 13.1. The van der Waals surface area contributed by atoms with Crippen LogP contribution < -0.4 is 0 Å². The quantitative estimate of drug-likeness (QED) is 0.652. The summed E-state index contributed by atoms with van der Waals surface area (Å²) in [5.74, 6) is 0.183. The molecule has 1 atom stereocenters. The summed E-state index contributed by atoms with van der Waals surface area (Å²) < 4.78 is 5.44. The molecule has 18 heavy (non-hydrogen) atoms. The van der Waals surface area contributed by atoms with E-state index < -0.39 is 0 Å². The van der Waals surface area contributed by atoms with Crippen LogP contribution in [-0.4, -0.2) is 35.5 Å². The van der Waals surface area contributed by atoms with E-state index >= 15 is 0 Å². The molecule has 0 aromatic carbocycles. The predicted octanol–water partition coefficient (Wildman–Crippen LogP) is 2.13. The van der Waals surface area contributed by atoms with Crippen LogP contribution in [0.2, 0.25) is 0 Å². The van der Waals surface area contributed by atoms with Crippen LogP contribution in [0.25, 0.3) is 0 Å². The molecule has 4 nitrogen and oxygen atoms in total. The topological polar surface area (TPSA) is 63.6 Å². The summed E-state index contributed by atoms with van der Waals surface area (Å²) in [4.78, 5) is 23.0. The zero-order chi connectivity index (χ0) is 14.1. The van der Waals surface area contributed by atoms with E-state index in [1.165, 1.54) is 0 Å². The maximum absolute atomic E-state index is 11.6. The van der Waals surface area contributed by atoms with Crippen molar-refractivity contribution in [3.8, 4) is 0 Å². The molecule has 0 rings (SSSR count). The summed E-state index contributed by atoms with van der Waals surface area (Å²) in [5, 5.41) is 9.09. The van der Waals surface area contributed by atoms with Gasteiger partial charge in [-0.25, -0.2) is 0 Å². The van der Waals surface area contributed by atoms with Gasteiger partial charge in [0.1, 0.15) is 11.6 Å². The Balaban J connectivity index is 3.84. The van der Waals surface area contributed by atoms with Gasteiger partial charge < -0.3 is 9.84 Å². The first kappa shape index (κ1) is 17.3. The molecule has 4 heteroatoms. The van der Waals surface area contributed by atoms with E-state index in [1.54, 1.807) is 0 Å². The van der Waals surface area contributed by atoms with Crippen molar-refractivity contribution in [2.45, 2.75) is 65.6 Å². The van der Waals surface area contributed by atoms with Crippen LogP contribution in [0.3, 0.4) is 0 Å². The molecular weight excluding hydrogens is 232 g/mol. The van der Waals surface area contributed by atoms with Crippen molar-refractivity contribution in [1.82, 2.24) is 0 Å². The van der Waals surface area contributed by atoms with Gasteiger partial charge in [-0.05, 0) is 20.3 Å². The zero-order valence-electron chi connectivity index (χ0n) is 11.9. The molecule has 0 aromatic rings. The van der Waals surface area contributed by atoms with Crippen molar-refractivity contribution >= 4 is 11.6 Å². The van der Waals surface area contributed by atoms with Crippen LogP contribution in [0.4, 0.5) is 0 Å². The minimum Gasteiger partial charge on any atom is -0.394 e. The second kappa shape index (κ2) is 9.22. The summed E-state index contributed by atoms with van der Waals surface area (Å²) in [7, 11) is 0. The molecule has 0 aliphatic heterocycles. The van der Waals surface area contributed by atoms with Gasteiger partial charge in [0.25, 0.3) is 0 Å². The number of carbonyl (C=O) groups excluding carboxylic acids is 2. The van der Waals surface area contributed by atoms with Gasteiger partial charge in [0.2, 0.25) is 0 Å². The van der Waals surface area contributed by atoms with Crippen molar-refractivity contribution in [1.29, 1.82) is 0 Å². The first-order valence-electron chi connectivity index (χ1n) is 6.67. The molecule has 0 saturated heterocycles. The highest BCUT2D eigenvalue weighted by Gasteiger charge is 2.14. The third kappa shape index (κ3) is 8.37. The van der Waals surface area contributed by atoms with Crippen molar-refractivity contribution in [3.05, 3.63) is 0 Å². The molecule has 0 amide bonds.